The van der Waals surface area contributed by atoms with Gasteiger partial charge in [0.1, 0.15) is 5.84 Å². The van der Waals surface area contributed by atoms with Gasteiger partial charge >= 0.3 is 0 Å². The van der Waals surface area contributed by atoms with Crippen molar-refractivity contribution in [2.75, 3.05) is 6.54 Å². The van der Waals surface area contributed by atoms with Crippen molar-refractivity contribution in [3.8, 4) is 0 Å². The van der Waals surface area contributed by atoms with Crippen LogP contribution in [-0.4, -0.2) is 12.4 Å². The van der Waals surface area contributed by atoms with Crippen LogP contribution in [0.2, 0.25) is 0 Å². The highest BCUT2D eigenvalue weighted by Crippen LogP contribution is 2.11. The molecule has 1 aliphatic heterocycles. The zero-order valence-electron chi connectivity index (χ0n) is 6.22. The Bertz CT molecular complexity index is 211. The van der Waals surface area contributed by atoms with Gasteiger partial charge in [0.25, 0.3) is 0 Å². The van der Waals surface area contributed by atoms with E-state index in [1.165, 1.54) is 0 Å². The van der Waals surface area contributed by atoms with Crippen LogP contribution < -0.4 is 5.73 Å². The molecule has 2 N–H and O–H groups in total. The third-order valence-electron chi connectivity index (χ3n) is 1.50. The molecule has 2 nitrogen and oxygen atoms in total. The molecule has 0 saturated carbocycles. The molecule has 0 saturated heterocycles. The number of hydrogen-bond donors (Lipinski definition) is 1. The van der Waals surface area contributed by atoms with Crippen molar-refractivity contribution >= 4 is 5.84 Å². The molecule has 0 aromatic carbocycles. The first-order valence-electron chi connectivity index (χ1n) is 3.38. The van der Waals surface area contributed by atoms with Gasteiger partial charge in [0.2, 0.25) is 0 Å². The third kappa shape index (κ3) is 1.26. The van der Waals surface area contributed by atoms with Crippen LogP contribution >= 0.6 is 0 Å². The Balaban J connectivity index is 2.84. The van der Waals surface area contributed by atoms with Gasteiger partial charge in [0.15, 0.2) is 0 Å². The summed E-state index contributed by atoms with van der Waals surface area (Å²) in [4.78, 5) is 4.10. The monoisotopic (exact) mass is 136 g/mol. The summed E-state index contributed by atoms with van der Waals surface area (Å²) in [6.07, 6.45) is 3.08. The normalized spacial score (nSPS) is 17.7. The maximum Gasteiger partial charge on any atom is 0.125 e. The minimum atomic E-state index is 0.638. The van der Waals surface area contributed by atoms with Crippen LogP contribution in [0.3, 0.4) is 0 Å². The molecule has 0 fully saturated rings. The van der Waals surface area contributed by atoms with Gasteiger partial charge in [-0.1, -0.05) is 12.7 Å². The van der Waals surface area contributed by atoms with E-state index in [4.69, 9.17) is 5.73 Å². The number of amidine groups is 1. The van der Waals surface area contributed by atoms with Crippen LogP contribution in [0.15, 0.2) is 28.8 Å². The summed E-state index contributed by atoms with van der Waals surface area (Å²) in [5.41, 5.74) is 7.62. The molecular weight excluding hydrogens is 124 g/mol. The van der Waals surface area contributed by atoms with E-state index in [-0.39, 0.29) is 0 Å². The average molecular weight is 136 g/mol. The summed E-state index contributed by atoms with van der Waals surface area (Å²) >= 11 is 0. The Kier molecular flexibility index (Phi) is 1.90. The van der Waals surface area contributed by atoms with Crippen molar-refractivity contribution in [1.82, 2.24) is 0 Å². The van der Waals surface area contributed by atoms with Crippen molar-refractivity contribution in [2.45, 2.75) is 13.3 Å². The second-order valence-electron chi connectivity index (χ2n) is 2.45. The van der Waals surface area contributed by atoms with Crippen LogP contribution in [0.4, 0.5) is 0 Å². The molecule has 0 spiro atoms. The van der Waals surface area contributed by atoms with Gasteiger partial charge < -0.3 is 5.73 Å². The van der Waals surface area contributed by atoms with Crippen LogP contribution in [0.25, 0.3) is 0 Å². The highest BCUT2D eigenvalue weighted by atomic mass is 14.9. The molecular formula is C8H12N2. The topological polar surface area (TPSA) is 38.4 Å². The molecule has 0 aliphatic carbocycles. The van der Waals surface area contributed by atoms with Gasteiger partial charge in [-0.15, -0.1) is 0 Å². The van der Waals surface area contributed by atoms with E-state index in [0.717, 1.165) is 24.1 Å². The zero-order valence-corrected chi connectivity index (χ0v) is 6.22. The predicted octanol–water partition coefficient (Wildman–Crippen LogP) is 1.25. The first kappa shape index (κ1) is 7.06. The van der Waals surface area contributed by atoms with E-state index in [9.17, 15) is 0 Å². The molecule has 0 bridgehead atoms. The van der Waals surface area contributed by atoms with Crippen molar-refractivity contribution < 1.29 is 0 Å². The molecule has 1 rings (SSSR count). The second kappa shape index (κ2) is 2.69. The lowest BCUT2D eigenvalue weighted by Gasteiger charge is -2.10. The summed E-state index contributed by atoms with van der Waals surface area (Å²) in [6.45, 7) is 6.57. The SMILES string of the molecule is C=C(C)C1=CCCN=C1N. The van der Waals surface area contributed by atoms with Crippen LogP contribution in [0.1, 0.15) is 13.3 Å². The van der Waals surface area contributed by atoms with E-state index in [2.05, 4.69) is 17.6 Å². The van der Waals surface area contributed by atoms with Gasteiger partial charge in [0.05, 0.1) is 0 Å². The number of nitrogens with zero attached hydrogens (tertiary/aromatic N) is 1. The lowest BCUT2D eigenvalue weighted by atomic mass is 10.1. The summed E-state index contributed by atoms with van der Waals surface area (Å²) in [6, 6.07) is 0. The van der Waals surface area contributed by atoms with Gasteiger partial charge in [0, 0.05) is 12.1 Å². The number of nitrogens with two attached hydrogens (primary N) is 1. The van der Waals surface area contributed by atoms with Crippen LogP contribution in [-0.2, 0) is 0 Å². The van der Waals surface area contributed by atoms with E-state index < -0.39 is 0 Å². The first-order chi connectivity index (χ1) is 4.72. The first-order valence-corrected chi connectivity index (χ1v) is 3.38. The van der Waals surface area contributed by atoms with Crippen molar-refractivity contribution in [2.24, 2.45) is 10.7 Å². The minimum Gasteiger partial charge on any atom is -0.384 e. The largest absolute Gasteiger partial charge is 0.384 e. The maximum absolute atomic E-state index is 5.60. The maximum atomic E-state index is 5.60. The van der Waals surface area contributed by atoms with Crippen molar-refractivity contribution in [1.29, 1.82) is 0 Å². The summed E-state index contributed by atoms with van der Waals surface area (Å²) in [5.74, 6) is 0.638. The Morgan fingerprint density at radius 1 is 1.80 bits per heavy atom. The van der Waals surface area contributed by atoms with Crippen molar-refractivity contribution in [3.05, 3.63) is 23.8 Å². The molecule has 54 valence electrons. The molecule has 0 atom stereocenters. The quantitative estimate of drug-likeness (QED) is 0.579. The highest BCUT2D eigenvalue weighted by molar-refractivity contribution is 6.01. The zero-order chi connectivity index (χ0) is 7.56. The molecule has 2 heteroatoms. The van der Waals surface area contributed by atoms with Gasteiger partial charge in [-0.05, 0) is 18.9 Å². The third-order valence-corrected chi connectivity index (χ3v) is 1.50. The van der Waals surface area contributed by atoms with E-state index in [1.807, 2.05) is 6.92 Å². The van der Waals surface area contributed by atoms with Crippen molar-refractivity contribution in [3.63, 3.8) is 0 Å². The van der Waals surface area contributed by atoms with E-state index >= 15 is 0 Å². The second-order valence-corrected chi connectivity index (χ2v) is 2.45. The summed E-state index contributed by atoms with van der Waals surface area (Å²) in [5, 5.41) is 0. The Morgan fingerprint density at radius 3 is 2.90 bits per heavy atom. The molecule has 1 heterocycles. The van der Waals surface area contributed by atoms with E-state index in [1.54, 1.807) is 0 Å². The Labute approximate surface area is 61.1 Å². The highest BCUT2D eigenvalue weighted by Gasteiger charge is 2.05. The number of rotatable bonds is 1. The standard InChI is InChI=1S/C8H12N2/c1-6(2)7-4-3-5-10-8(7)9/h4H,1,3,5H2,2H3,(H2,9,10). The Morgan fingerprint density at radius 2 is 2.50 bits per heavy atom. The van der Waals surface area contributed by atoms with Gasteiger partial charge in [-0.2, -0.15) is 0 Å². The number of dihydropyridines is 1. The summed E-state index contributed by atoms with van der Waals surface area (Å²) in [7, 11) is 0. The molecule has 10 heavy (non-hydrogen) atoms. The molecule has 0 unspecified atom stereocenters. The molecule has 0 radical (unpaired) electrons. The van der Waals surface area contributed by atoms with Gasteiger partial charge in [-0.25, -0.2) is 0 Å². The van der Waals surface area contributed by atoms with Crippen LogP contribution in [0.5, 0.6) is 0 Å². The summed E-state index contributed by atoms with van der Waals surface area (Å²) < 4.78 is 0. The lowest BCUT2D eigenvalue weighted by Crippen LogP contribution is -2.18. The fourth-order valence-electron chi connectivity index (χ4n) is 0.976. The molecule has 0 aromatic rings. The Hall–Kier alpha value is -1.05. The average Bonchev–Trinajstić information content (AvgIpc) is 1.88. The smallest absolute Gasteiger partial charge is 0.125 e. The predicted molar refractivity (Wildman–Crippen MR) is 44.0 cm³/mol. The van der Waals surface area contributed by atoms with Crippen LogP contribution in [0, 0.1) is 0 Å². The minimum absolute atomic E-state index is 0.638. The van der Waals surface area contributed by atoms with E-state index in [0.29, 0.717) is 5.84 Å². The number of hydrogen-bond acceptors (Lipinski definition) is 2. The lowest BCUT2D eigenvalue weighted by molar-refractivity contribution is 0.976. The van der Waals surface area contributed by atoms with Gasteiger partial charge in [-0.3, -0.25) is 4.99 Å². The molecule has 1 aliphatic rings. The number of aliphatic imine (C=N–C) groups is 1. The molecule has 0 amide bonds. The fraction of sp³-hybridized carbons (Fsp3) is 0.375. The molecule has 0 aromatic heterocycles. The fourth-order valence-corrected chi connectivity index (χ4v) is 0.976.